The molecule has 0 aromatic heterocycles. The molecule has 0 N–H and O–H groups in total. The molecule has 15 heteroatoms. The van der Waals surface area contributed by atoms with E-state index >= 15 is 0 Å². The van der Waals surface area contributed by atoms with Crippen LogP contribution < -0.4 is 4.74 Å². The standard InChI is InChI=1S/C27H29F3O9S3/c1-2-26(31)39-11-13-41(34,35)15-17-42(36,37)16-14-40(32,33)12-10-38-25-9-5-6-20-18-21(19-23(20)25)22-7-3-4-8-24(22)27(28,29)30/h2-9,18H,1,10-17,19H2. The number of hydrogen-bond donors (Lipinski definition) is 0. The Morgan fingerprint density at radius 2 is 1.38 bits per heavy atom. The number of ether oxygens (including phenoxy) is 2. The Hall–Kier alpha value is -3.17. The topological polar surface area (TPSA) is 138 Å². The molecule has 0 fully saturated rings. The first-order valence-electron chi connectivity index (χ1n) is 12.5. The molecular weight excluding hydrogens is 621 g/mol. The van der Waals surface area contributed by atoms with Crippen molar-refractivity contribution in [2.45, 2.75) is 12.6 Å². The lowest BCUT2D eigenvalue weighted by molar-refractivity contribution is -0.138. The van der Waals surface area contributed by atoms with Gasteiger partial charge in [-0.05, 0) is 28.8 Å². The second-order valence-corrected chi connectivity index (χ2v) is 16.3. The van der Waals surface area contributed by atoms with Crippen LogP contribution in [0.5, 0.6) is 5.75 Å². The van der Waals surface area contributed by atoms with Crippen molar-refractivity contribution < 1.29 is 52.7 Å². The highest BCUT2D eigenvalue weighted by Gasteiger charge is 2.34. The number of halogens is 3. The zero-order chi connectivity index (χ0) is 31.2. The summed E-state index contributed by atoms with van der Waals surface area (Å²) >= 11 is 0. The minimum absolute atomic E-state index is 0.0415. The van der Waals surface area contributed by atoms with Gasteiger partial charge in [0.15, 0.2) is 29.5 Å². The Kier molecular flexibility index (Phi) is 10.7. The number of benzene rings is 2. The predicted molar refractivity (Wildman–Crippen MR) is 152 cm³/mol. The van der Waals surface area contributed by atoms with Gasteiger partial charge in [-0.1, -0.05) is 43.0 Å². The van der Waals surface area contributed by atoms with Crippen molar-refractivity contribution in [2.75, 3.05) is 47.7 Å². The maximum Gasteiger partial charge on any atom is 0.416 e. The van der Waals surface area contributed by atoms with Gasteiger partial charge >= 0.3 is 12.1 Å². The summed E-state index contributed by atoms with van der Waals surface area (Å²) in [5, 5.41) is 0. The van der Waals surface area contributed by atoms with Gasteiger partial charge in [0, 0.05) is 18.1 Å². The van der Waals surface area contributed by atoms with Crippen LogP contribution in [0.4, 0.5) is 13.2 Å². The normalized spacial score (nSPS) is 13.7. The van der Waals surface area contributed by atoms with E-state index in [-0.39, 0.29) is 18.6 Å². The Morgan fingerprint density at radius 3 is 1.98 bits per heavy atom. The molecule has 1 aliphatic rings. The quantitative estimate of drug-likeness (QED) is 0.210. The molecule has 0 aliphatic heterocycles. The van der Waals surface area contributed by atoms with Crippen molar-refractivity contribution in [3.63, 3.8) is 0 Å². The molecule has 230 valence electrons. The average Bonchev–Trinajstić information content (AvgIpc) is 3.36. The van der Waals surface area contributed by atoms with E-state index in [1.165, 1.54) is 18.2 Å². The maximum atomic E-state index is 13.5. The molecule has 0 saturated heterocycles. The average molecular weight is 651 g/mol. The fraction of sp³-hybridized carbons (Fsp3) is 0.370. The molecule has 2 aromatic carbocycles. The predicted octanol–water partition coefficient (Wildman–Crippen LogP) is 3.15. The Bertz CT molecular complexity index is 1680. The number of hydrogen-bond acceptors (Lipinski definition) is 9. The molecule has 2 aromatic rings. The number of fused-ring (bicyclic) bond motifs is 1. The lowest BCUT2D eigenvalue weighted by Gasteiger charge is -2.14. The third-order valence-corrected chi connectivity index (χ3v) is 11.7. The maximum absolute atomic E-state index is 13.5. The lowest BCUT2D eigenvalue weighted by Crippen LogP contribution is -2.27. The van der Waals surface area contributed by atoms with Gasteiger partial charge in [0.1, 0.15) is 19.0 Å². The van der Waals surface area contributed by atoms with E-state index in [0.29, 0.717) is 22.4 Å². The highest BCUT2D eigenvalue weighted by atomic mass is 32.2. The first kappa shape index (κ1) is 33.3. The van der Waals surface area contributed by atoms with Crippen LogP contribution in [0.1, 0.15) is 22.3 Å². The van der Waals surface area contributed by atoms with Crippen molar-refractivity contribution in [1.29, 1.82) is 0 Å². The molecule has 42 heavy (non-hydrogen) atoms. The second kappa shape index (κ2) is 13.4. The number of carbonyl (C=O) groups excluding carboxylic acids is 1. The second-order valence-electron chi connectivity index (χ2n) is 9.39. The summed E-state index contributed by atoms with van der Waals surface area (Å²) in [6, 6.07) is 10.1. The van der Waals surface area contributed by atoms with Crippen molar-refractivity contribution in [3.05, 3.63) is 77.4 Å². The largest absolute Gasteiger partial charge is 0.492 e. The first-order valence-corrected chi connectivity index (χ1v) is 18.0. The molecular formula is C27H29F3O9S3. The summed E-state index contributed by atoms with van der Waals surface area (Å²) in [4.78, 5) is 11.0. The van der Waals surface area contributed by atoms with Gasteiger partial charge in [-0.2, -0.15) is 13.2 Å². The molecule has 0 unspecified atom stereocenters. The minimum Gasteiger partial charge on any atom is -0.492 e. The molecule has 0 heterocycles. The van der Waals surface area contributed by atoms with Gasteiger partial charge in [-0.15, -0.1) is 0 Å². The molecule has 1 aliphatic carbocycles. The summed E-state index contributed by atoms with van der Waals surface area (Å²) in [6.07, 6.45) is -1.92. The van der Waals surface area contributed by atoms with E-state index in [0.717, 1.165) is 12.1 Å². The number of rotatable bonds is 15. The number of sulfone groups is 3. The van der Waals surface area contributed by atoms with Crippen LogP contribution >= 0.6 is 0 Å². The summed E-state index contributed by atoms with van der Waals surface area (Å²) in [6.45, 7) is 2.36. The van der Waals surface area contributed by atoms with Crippen molar-refractivity contribution in [1.82, 2.24) is 0 Å². The SMILES string of the molecule is C=CC(=O)OCCS(=O)(=O)CCS(=O)(=O)CCS(=O)(=O)CCOc1cccc2c1CC(c1ccccc1C(F)(F)F)=C2. The molecule has 0 saturated carbocycles. The zero-order valence-corrected chi connectivity index (χ0v) is 24.7. The monoisotopic (exact) mass is 650 g/mol. The zero-order valence-electron chi connectivity index (χ0n) is 22.3. The highest BCUT2D eigenvalue weighted by Crippen LogP contribution is 2.41. The molecule has 0 spiro atoms. The van der Waals surface area contributed by atoms with Gasteiger partial charge in [-0.25, -0.2) is 30.0 Å². The van der Waals surface area contributed by atoms with Crippen LogP contribution in [0.3, 0.4) is 0 Å². The van der Waals surface area contributed by atoms with E-state index in [1.807, 2.05) is 0 Å². The van der Waals surface area contributed by atoms with Gasteiger partial charge in [0.05, 0.1) is 40.1 Å². The van der Waals surface area contributed by atoms with Crippen LogP contribution in [0.15, 0.2) is 55.1 Å². The molecule has 3 rings (SSSR count). The van der Waals surface area contributed by atoms with Crippen LogP contribution in [0.2, 0.25) is 0 Å². The molecule has 0 atom stereocenters. The summed E-state index contributed by atoms with van der Waals surface area (Å²) in [5.41, 5.74) is 0.956. The lowest BCUT2D eigenvalue weighted by atomic mass is 9.97. The molecule has 0 bridgehead atoms. The van der Waals surface area contributed by atoms with Crippen LogP contribution in [0.25, 0.3) is 11.6 Å². The summed E-state index contributed by atoms with van der Waals surface area (Å²) < 4.78 is 124. The van der Waals surface area contributed by atoms with Crippen molar-refractivity contribution in [2.24, 2.45) is 0 Å². The summed E-state index contributed by atoms with van der Waals surface area (Å²) in [7, 11) is -11.8. The van der Waals surface area contributed by atoms with E-state index in [4.69, 9.17) is 4.74 Å². The first-order chi connectivity index (χ1) is 19.5. The number of carbonyl (C=O) groups is 1. The van der Waals surface area contributed by atoms with Crippen molar-refractivity contribution >= 4 is 47.1 Å². The fourth-order valence-corrected chi connectivity index (χ4v) is 9.43. The smallest absolute Gasteiger partial charge is 0.416 e. The Balaban J connectivity index is 1.52. The number of esters is 1. The Labute approximate surface area is 242 Å². The molecule has 0 radical (unpaired) electrons. The van der Waals surface area contributed by atoms with E-state index < -0.39 is 88.3 Å². The van der Waals surface area contributed by atoms with Gasteiger partial charge < -0.3 is 9.47 Å². The van der Waals surface area contributed by atoms with Crippen LogP contribution in [-0.4, -0.2) is 79.0 Å². The van der Waals surface area contributed by atoms with Crippen LogP contribution in [-0.2, 0) is 51.6 Å². The third-order valence-electron chi connectivity index (χ3n) is 6.31. The van der Waals surface area contributed by atoms with Crippen LogP contribution in [0, 0.1) is 0 Å². The third kappa shape index (κ3) is 9.70. The molecule has 9 nitrogen and oxygen atoms in total. The van der Waals surface area contributed by atoms with Gasteiger partial charge in [0.25, 0.3) is 0 Å². The number of allylic oxidation sites excluding steroid dienone is 1. The van der Waals surface area contributed by atoms with Gasteiger partial charge in [-0.3, -0.25) is 0 Å². The van der Waals surface area contributed by atoms with E-state index in [2.05, 4.69) is 11.3 Å². The molecule has 0 amide bonds. The fourth-order valence-electron chi connectivity index (χ4n) is 4.08. The number of alkyl halides is 3. The Morgan fingerprint density at radius 1 is 0.810 bits per heavy atom. The minimum atomic E-state index is -4.54. The van der Waals surface area contributed by atoms with Crippen molar-refractivity contribution in [3.8, 4) is 5.75 Å². The van der Waals surface area contributed by atoms with E-state index in [1.54, 1.807) is 24.3 Å². The van der Waals surface area contributed by atoms with Gasteiger partial charge in [0.2, 0.25) is 0 Å². The summed E-state index contributed by atoms with van der Waals surface area (Å²) in [5.74, 6) is -4.73. The van der Waals surface area contributed by atoms with E-state index in [9.17, 15) is 43.2 Å². The highest BCUT2D eigenvalue weighted by molar-refractivity contribution is 7.96.